The topological polar surface area (TPSA) is 87.2 Å². The van der Waals surface area contributed by atoms with E-state index in [0.717, 1.165) is 65.8 Å². The van der Waals surface area contributed by atoms with Crippen molar-refractivity contribution in [3.05, 3.63) is 88.6 Å². The highest BCUT2D eigenvalue weighted by atomic mass is 32.1. The highest BCUT2D eigenvalue weighted by Crippen LogP contribution is 2.40. The van der Waals surface area contributed by atoms with Gasteiger partial charge in [0.25, 0.3) is 0 Å². The lowest BCUT2D eigenvalue weighted by Gasteiger charge is -2.35. The fourth-order valence-corrected chi connectivity index (χ4v) is 6.27. The van der Waals surface area contributed by atoms with E-state index in [2.05, 4.69) is 39.7 Å². The van der Waals surface area contributed by atoms with Crippen LogP contribution in [0.4, 0.5) is 20.2 Å². The van der Waals surface area contributed by atoms with Gasteiger partial charge in [0.05, 0.1) is 24.5 Å². The largest absolute Gasteiger partial charge is 0.494 e. The first-order valence-electron chi connectivity index (χ1n) is 14.0. The van der Waals surface area contributed by atoms with Crippen molar-refractivity contribution in [1.82, 2.24) is 9.88 Å². The fraction of sp³-hybridized carbons (Fsp3) is 0.312. The molecule has 8 nitrogen and oxygen atoms in total. The zero-order valence-electron chi connectivity index (χ0n) is 24.3. The molecule has 0 spiro atoms. The molecular formula is C32H34F2N4O4S. The second kappa shape index (κ2) is 13.1. The van der Waals surface area contributed by atoms with Gasteiger partial charge in [-0.15, -0.1) is 11.3 Å². The van der Waals surface area contributed by atoms with Crippen molar-refractivity contribution in [2.45, 2.75) is 19.4 Å². The first-order chi connectivity index (χ1) is 20.8. The molecule has 1 amide bonds. The number of ether oxygens (including phenoxy) is 2. The highest BCUT2D eigenvalue weighted by Gasteiger charge is 2.28. The van der Waals surface area contributed by atoms with Gasteiger partial charge >= 0.3 is 0 Å². The first-order valence-corrected chi connectivity index (χ1v) is 14.8. The standard InChI is InChI=1S/C32H34F2N4O4S/c1-5-28(39)36-23-16-22(38-11-9-37(6-2)10-12-38)8-7-19(23)13-21-14-20-15-26(43-27(20)18-35-21)32(40)29-30(33)24(41-3)17-25(42-4)31(29)34/h5,7-8,14-18,32,40H,1,6,9-13H2,2-4H3,(H,36,39). The van der Waals surface area contributed by atoms with Crippen LogP contribution in [0.2, 0.25) is 0 Å². The van der Waals surface area contributed by atoms with Gasteiger partial charge in [0, 0.05) is 66.8 Å². The molecular weight excluding hydrogens is 574 g/mol. The lowest BCUT2D eigenvalue weighted by molar-refractivity contribution is -0.111. The van der Waals surface area contributed by atoms with E-state index >= 15 is 8.78 Å². The number of benzene rings is 2. The van der Waals surface area contributed by atoms with Crippen molar-refractivity contribution in [1.29, 1.82) is 0 Å². The van der Waals surface area contributed by atoms with E-state index in [1.54, 1.807) is 12.3 Å². The molecule has 1 aliphatic rings. The summed E-state index contributed by atoms with van der Waals surface area (Å²) in [4.78, 5) is 21.9. The minimum Gasteiger partial charge on any atom is -0.494 e. The fourth-order valence-electron chi connectivity index (χ4n) is 5.26. The summed E-state index contributed by atoms with van der Waals surface area (Å²) in [5.41, 5.74) is 2.77. The number of methoxy groups -OCH3 is 2. The number of hydrogen-bond acceptors (Lipinski definition) is 8. The Balaban J connectivity index is 1.43. The minimum atomic E-state index is -1.59. The molecule has 1 saturated heterocycles. The second-order valence-corrected chi connectivity index (χ2v) is 11.3. The number of nitrogens with one attached hydrogen (secondary N) is 1. The van der Waals surface area contributed by atoms with Crippen LogP contribution >= 0.6 is 11.3 Å². The maximum atomic E-state index is 15.1. The summed E-state index contributed by atoms with van der Waals surface area (Å²) in [7, 11) is 2.52. The molecule has 1 aliphatic heterocycles. The number of aromatic nitrogens is 1. The Hall–Kier alpha value is -4.06. The van der Waals surface area contributed by atoms with Crippen LogP contribution in [0.15, 0.2) is 55.3 Å². The Labute approximate surface area is 253 Å². The normalized spacial score (nSPS) is 14.5. The Morgan fingerprint density at radius 3 is 2.44 bits per heavy atom. The molecule has 0 aliphatic carbocycles. The number of rotatable bonds is 10. The summed E-state index contributed by atoms with van der Waals surface area (Å²) in [5, 5.41) is 14.8. The van der Waals surface area contributed by atoms with Gasteiger partial charge in [0.15, 0.2) is 23.1 Å². The summed E-state index contributed by atoms with van der Waals surface area (Å²) in [6, 6.07) is 10.7. The van der Waals surface area contributed by atoms with E-state index in [4.69, 9.17) is 9.47 Å². The van der Waals surface area contributed by atoms with E-state index in [1.807, 2.05) is 18.2 Å². The SMILES string of the molecule is C=CC(=O)Nc1cc(N2CCN(CC)CC2)ccc1Cc1cc2cc(C(O)c3c(F)c(OC)cc(OC)c3F)sc2cn1. The first kappa shape index (κ1) is 30.4. The van der Waals surface area contributed by atoms with Gasteiger partial charge in [0.2, 0.25) is 5.91 Å². The maximum Gasteiger partial charge on any atom is 0.247 e. The number of thiophene rings is 1. The molecule has 2 aromatic carbocycles. The molecule has 226 valence electrons. The van der Waals surface area contributed by atoms with E-state index < -0.39 is 23.3 Å². The molecule has 43 heavy (non-hydrogen) atoms. The zero-order valence-corrected chi connectivity index (χ0v) is 25.1. The number of anilines is 2. The van der Waals surface area contributed by atoms with Gasteiger partial charge in [-0.2, -0.15) is 0 Å². The van der Waals surface area contributed by atoms with Crippen LogP contribution in [-0.2, 0) is 11.2 Å². The number of carbonyl (C=O) groups excluding carboxylic acids is 1. The molecule has 0 saturated carbocycles. The molecule has 0 bridgehead atoms. The van der Waals surface area contributed by atoms with Crippen molar-refractivity contribution in [2.24, 2.45) is 0 Å². The van der Waals surface area contributed by atoms with E-state index in [1.165, 1.54) is 31.6 Å². The average molecular weight is 609 g/mol. The van der Waals surface area contributed by atoms with Crippen LogP contribution < -0.4 is 19.7 Å². The van der Waals surface area contributed by atoms with E-state index in [9.17, 15) is 9.90 Å². The van der Waals surface area contributed by atoms with Crippen molar-refractivity contribution in [3.8, 4) is 11.5 Å². The van der Waals surface area contributed by atoms with Crippen molar-refractivity contribution < 1.29 is 28.2 Å². The number of aliphatic hydroxyl groups excluding tert-OH is 1. The molecule has 2 aromatic heterocycles. The van der Waals surface area contributed by atoms with Gasteiger partial charge in [-0.3, -0.25) is 9.78 Å². The van der Waals surface area contributed by atoms with Crippen molar-refractivity contribution in [3.63, 3.8) is 0 Å². The number of likely N-dealkylation sites (N-methyl/N-ethyl adjacent to an activating group) is 1. The van der Waals surface area contributed by atoms with Gasteiger partial charge < -0.3 is 29.7 Å². The summed E-state index contributed by atoms with van der Waals surface area (Å²) >= 11 is 1.19. The summed E-state index contributed by atoms with van der Waals surface area (Å²) in [6.07, 6.45) is 1.75. The van der Waals surface area contributed by atoms with Gasteiger partial charge in [0.1, 0.15) is 6.10 Å². The molecule has 2 N–H and O–H groups in total. The number of piperazine rings is 1. The number of fused-ring (bicyclic) bond motifs is 1. The third-order valence-corrected chi connectivity index (χ3v) is 8.86. The Bertz CT molecular complexity index is 1620. The van der Waals surface area contributed by atoms with Gasteiger partial charge in [-0.25, -0.2) is 8.78 Å². The Kier molecular flexibility index (Phi) is 9.24. The number of hydrogen-bond donors (Lipinski definition) is 2. The Morgan fingerprint density at radius 1 is 1.12 bits per heavy atom. The van der Waals surface area contributed by atoms with Crippen LogP contribution in [0, 0.1) is 11.6 Å². The molecule has 1 unspecified atom stereocenters. The van der Waals surface area contributed by atoms with Crippen LogP contribution in [0.25, 0.3) is 10.1 Å². The number of carbonyl (C=O) groups is 1. The molecule has 1 fully saturated rings. The maximum absolute atomic E-state index is 15.1. The number of amides is 1. The lowest BCUT2D eigenvalue weighted by atomic mass is 10.0. The average Bonchev–Trinajstić information content (AvgIpc) is 3.45. The smallest absolute Gasteiger partial charge is 0.247 e. The predicted molar refractivity (Wildman–Crippen MR) is 166 cm³/mol. The molecule has 1 atom stereocenters. The zero-order chi connectivity index (χ0) is 30.7. The third-order valence-electron chi connectivity index (χ3n) is 7.72. The van der Waals surface area contributed by atoms with Crippen LogP contribution in [-0.4, -0.2) is 67.8 Å². The molecule has 4 aromatic rings. The van der Waals surface area contributed by atoms with Gasteiger partial charge in [-0.05, 0) is 47.8 Å². The van der Waals surface area contributed by atoms with E-state index in [-0.39, 0.29) is 17.4 Å². The summed E-state index contributed by atoms with van der Waals surface area (Å²) < 4.78 is 40.9. The molecule has 11 heteroatoms. The third kappa shape index (κ3) is 6.34. The van der Waals surface area contributed by atoms with Crippen LogP contribution in [0.5, 0.6) is 11.5 Å². The number of nitrogens with zero attached hydrogens (tertiary/aromatic N) is 3. The highest BCUT2D eigenvalue weighted by molar-refractivity contribution is 7.19. The monoisotopic (exact) mass is 608 g/mol. The van der Waals surface area contributed by atoms with Crippen LogP contribution in [0.3, 0.4) is 0 Å². The van der Waals surface area contributed by atoms with Crippen LogP contribution in [0.1, 0.15) is 34.7 Å². The van der Waals surface area contributed by atoms with Crippen molar-refractivity contribution >= 4 is 38.7 Å². The van der Waals surface area contributed by atoms with Crippen molar-refractivity contribution in [2.75, 3.05) is 57.2 Å². The number of aliphatic hydroxyl groups is 1. The lowest BCUT2D eigenvalue weighted by Crippen LogP contribution is -2.46. The van der Waals surface area contributed by atoms with E-state index in [0.29, 0.717) is 17.0 Å². The number of halogens is 2. The molecule has 0 radical (unpaired) electrons. The minimum absolute atomic E-state index is 0.231. The predicted octanol–water partition coefficient (Wildman–Crippen LogP) is 5.53. The summed E-state index contributed by atoms with van der Waals surface area (Å²) in [5.74, 6) is -2.75. The Morgan fingerprint density at radius 2 is 1.81 bits per heavy atom. The summed E-state index contributed by atoms with van der Waals surface area (Å²) in [6.45, 7) is 10.6. The molecule has 3 heterocycles. The second-order valence-electron chi connectivity index (χ2n) is 10.2. The van der Waals surface area contributed by atoms with Gasteiger partial charge in [-0.1, -0.05) is 19.6 Å². The molecule has 5 rings (SSSR count). The number of pyridine rings is 1. The quantitative estimate of drug-likeness (QED) is 0.229.